The van der Waals surface area contributed by atoms with Gasteiger partial charge in [-0.2, -0.15) is 0 Å². The monoisotopic (exact) mass is 321 g/mol. The molecule has 1 amide bonds. The second-order valence-electron chi connectivity index (χ2n) is 4.58. The maximum atomic E-state index is 12.0. The molecule has 0 radical (unpaired) electrons. The average Bonchev–Trinajstić information content (AvgIpc) is 2.49. The van der Waals surface area contributed by atoms with Gasteiger partial charge in [0.2, 0.25) is 5.91 Å². The van der Waals surface area contributed by atoms with Gasteiger partial charge in [-0.05, 0) is 29.8 Å². The van der Waals surface area contributed by atoms with Gasteiger partial charge in [-0.15, -0.1) is 0 Å². The predicted octanol–water partition coefficient (Wildman–Crippen LogP) is 3.62. The number of nitrogens with one attached hydrogen (secondary N) is 1. The Kier molecular flexibility index (Phi) is 5.96. The molecule has 2 aromatic rings. The fourth-order valence-corrected chi connectivity index (χ4v) is 3.04. The molecule has 2 aromatic carbocycles. The van der Waals surface area contributed by atoms with E-state index in [1.54, 1.807) is 12.1 Å². The summed E-state index contributed by atoms with van der Waals surface area (Å²) in [4.78, 5) is 11.8. The van der Waals surface area contributed by atoms with Gasteiger partial charge in [-0.3, -0.25) is 9.00 Å². The predicted molar refractivity (Wildman–Crippen MR) is 87.9 cm³/mol. The van der Waals surface area contributed by atoms with Crippen LogP contribution in [0.15, 0.2) is 54.6 Å². The molecule has 0 aliphatic carbocycles. The number of para-hydroxylation sites is 1. The van der Waals surface area contributed by atoms with E-state index in [0.717, 1.165) is 11.3 Å². The van der Waals surface area contributed by atoms with E-state index in [-0.39, 0.29) is 12.3 Å². The third kappa shape index (κ3) is 5.69. The van der Waals surface area contributed by atoms with Crippen LogP contribution in [-0.2, 0) is 21.3 Å². The van der Waals surface area contributed by atoms with Crippen molar-refractivity contribution in [3.8, 4) is 0 Å². The lowest BCUT2D eigenvalue weighted by Crippen LogP contribution is -2.15. The minimum absolute atomic E-state index is 0.120. The molecule has 0 spiro atoms. The lowest BCUT2D eigenvalue weighted by atomic mass is 10.2. The fraction of sp³-hybridized carbons (Fsp3) is 0.188. The van der Waals surface area contributed by atoms with Crippen LogP contribution in [0.25, 0.3) is 0 Å². The van der Waals surface area contributed by atoms with E-state index in [0.29, 0.717) is 16.5 Å². The van der Waals surface area contributed by atoms with Crippen LogP contribution < -0.4 is 5.32 Å². The van der Waals surface area contributed by atoms with Gasteiger partial charge in [0.15, 0.2) is 0 Å². The quantitative estimate of drug-likeness (QED) is 0.883. The fourth-order valence-electron chi connectivity index (χ4n) is 1.79. The molecule has 21 heavy (non-hydrogen) atoms. The molecular formula is C16H16ClNO2S. The lowest BCUT2D eigenvalue weighted by molar-refractivity contribution is -0.115. The molecule has 1 unspecified atom stereocenters. The number of halogens is 1. The highest BCUT2D eigenvalue weighted by molar-refractivity contribution is 7.84. The summed E-state index contributed by atoms with van der Waals surface area (Å²) < 4.78 is 12.0. The molecule has 3 nitrogen and oxygen atoms in total. The Morgan fingerprint density at radius 1 is 1.05 bits per heavy atom. The van der Waals surface area contributed by atoms with E-state index in [1.807, 2.05) is 42.5 Å². The van der Waals surface area contributed by atoms with Gasteiger partial charge in [0, 0.05) is 39.4 Å². The second kappa shape index (κ2) is 7.96. The van der Waals surface area contributed by atoms with E-state index < -0.39 is 10.8 Å². The first-order valence-electron chi connectivity index (χ1n) is 6.58. The van der Waals surface area contributed by atoms with Crippen molar-refractivity contribution in [2.75, 3.05) is 11.1 Å². The number of benzene rings is 2. The van der Waals surface area contributed by atoms with E-state index in [2.05, 4.69) is 5.32 Å². The maximum Gasteiger partial charge on any atom is 0.225 e. The van der Waals surface area contributed by atoms with Crippen LogP contribution in [0, 0.1) is 0 Å². The highest BCUT2D eigenvalue weighted by Gasteiger charge is 2.07. The zero-order valence-corrected chi connectivity index (χ0v) is 13.0. The van der Waals surface area contributed by atoms with Gasteiger partial charge in [-0.1, -0.05) is 41.9 Å². The summed E-state index contributed by atoms with van der Waals surface area (Å²) in [5.41, 5.74) is 1.71. The third-order valence-electron chi connectivity index (χ3n) is 2.86. The summed E-state index contributed by atoms with van der Waals surface area (Å²) in [5.74, 6) is 0.669. The van der Waals surface area contributed by atoms with Crippen LogP contribution in [-0.4, -0.2) is 15.9 Å². The summed E-state index contributed by atoms with van der Waals surface area (Å²) in [6.07, 6.45) is 0.245. The number of amides is 1. The Balaban J connectivity index is 1.76. The van der Waals surface area contributed by atoms with Crippen molar-refractivity contribution in [3.63, 3.8) is 0 Å². The van der Waals surface area contributed by atoms with Crippen molar-refractivity contribution in [2.45, 2.75) is 12.2 Å². The van der Waals surface area contributed by atoms with Crippen LogP contribution in [0.4, 0.5) is 5.69 Å². The highest BCUT2D eigenvalue weighted by atomic mass is 35.5. The maximum absolute atomic E-state index is 12.0. The topological polar surface area (TPSA) is 46.2 Å². The summed E-state index contributed by atoms with van der Waals surface area (Å²) in [6, 6.07) is 16.5. The minimum Gasteiger partial charge on any atom is -0.326 e. The molecule has 2 rings (SSSR count). The zero-order valence-electron chi connectivity index (χ0n) is 11.4. The largest absolute Gasteiger partial charge is 0.326 e. The lowest BCUT2D eigenvalue weighted by Gasteiger charge is -2.05. The molecule has 5 heteroatoms. The molecule has 0 saturated heterocycles. The second-order valence-corrected chi connectivity index (χ2v) is 6.59. The molecule has 0 heterocycles. The Morgan fingerprint density at radius 2 is 1.71 bits per heavy atom. The number of rotatable bonds is 6. The van der Waals surface area contributed by atoms with Crippen molar-refractivity contribution in [1.82, 2.24) is 0 Å². The molecule has 1 N–H and O–H groups in total. The number of carbonyl (C=O) groups is 1. The summed E-state index contributed by atoms with van der Waals surface area (Å²) in [6.45, 7) is 0. The van der Waals surface area contributed by atoms with Gasteiger partial charge in [0.25, 0.3) is 0 Å². The Labute approximate surface area is 131 Å². The number of hydrogen-bond acceptors (Lipinski definition) is 2. The summed E-state index contributed by atoms with van der Waals surface area (Å²) in [5, 5.41) is 3.44. The van der Waals surface area contributed by atoms with E-state index in [4.69, 9.17) is 11.6 Å². The van der Waals surface area contributed by atoms with Gasteiger partial charge in [0.05, 0.1) is 0 Å². The first-order valence-corrected chi connectivity index (χ1v) is 8.44. The first-order chi connectivity index (χ1) is 10.1. The van der Waals surface area contributed by atoms with Gasteiger partial charge in [-0.25, -0.2) is 0 Å². The van der Waals surface area contributed by atoms with E-state index >= 15 is 0 Å². The molecule has 0 aliphatic rings. The van der Waals surface area contributed by atoms with Gasteiger partial charge >= 0.3 is 0 Å². The van der Waals surface area contributed by atoms with Crippen molar-refractivity contribution < 1.29 is 9.00 Å². The van der Waals surface area contributed by atoms with Gasteiger partial charge in [0.1, 0.15) is 0 Å². The Bertz CT molecular complexity index is 614. The number of anilines is 1. The van der Waals surface area contributed by atoms with Crippen molar-refractivity contribution in [3.05, 3.63) is 65.2 Å². The van der Waals surface area contributed by atoms with Crippen molar-refractivity contribution in [2.24, 2.45) is 0 Å². The van der Waals surface area contributed by atoms with Crippen molar-refractivity contribution >= 4 is 34.0 Å². The molecule has 0 saturated carbocycles. The summed E-state index contributed by atoms with van der Waals surface area (Å²) >= 11 is 5.80. The number of carbonyl (C=O) groups excluding carboxylic acids is 1. The molecule has 110 valence electrons. The van der Waals surface area contributed by atoms with Crippen LogP contribution in [0.5, 0.6) is 0 Å². The molecule has 0 bridgehead atoms. The molecular weight excluding hydrogens is 306 g/mol. The molecule has 0 aliphatic heterocycles. The first kappa shape index (κ1) is 15.7. The molecule has 1 atom stereocenters. The van der Waals surface area contributed by atoms with Crippen LogP contribution in [0.2, 0.25) is 5.02 Å². The van der Waals surface area contributed by atoms with Gasteiger partial charge < -0.3 is 5.32 Å². The third-order valence-corrected chi connectivity index (χ3v) is 4.42. The normalized spacial score (nSPS) is 11.9. The average molecular weight is 322 g/mol. The minimum atomic E-state index is -1.06. The molecule has 0 aromatic heterocycles. The molecule has 0 fully saturated rings. The van der Waals surface area contributed by atoms with Crippen LogP contribution >= 0.6 is 11.6 Å². The highest BCUT2D eigenvalue weighted by Crippen LogP contribution is 2.11. The Hall–Kier alpha value is -1.65. The SMILES string of the molecule is O=C(CCS(=O)Cc1ccc(Cl)cc1)Nc1ccccc1. The van der Waals surface area contributed by atoms with Crippen LogP contribution in [0.1, 0.15) is 12.0 Å². The Morgan fingerprint density at radius 3 is 2.38 bits per heavy atom. The van der Waals surface area contributed by atoms with E-state index in [9.17, 15) is 9.00 Å². The van der Waals surface area contributed by atoms with Crippen LogP contribution in [0.3, 0.4) is 0 Å². The summed E-state index contributed by atoms with van der Waals surface area (Å²) in [7, 11) is -1.06. The van der Waals surface area contributed by atoms with Crippen molar-refractivity contribution in [1.29, 1.82) is 0 Å². The smallest absolute Gasteiger partial charge is 0.225 e. The number of hydrogen-bond donors (Lipinski definition) is 1. The zero-order chi connectivity index (χ0) is 15.1. The standard InChI is InChI=1S/C16H16ClNO2S/c17-14-8-6-13(7-9-14)12-21(20)11-10-16(19)18-15-4-2-1-3-5-15/h1-9H,10-12H2,(H,18,19). The van der Waals surface area contributed by atoms with E-state index in [1.165, 1.54) is 0 Å².